The van der Waals surface area contributed by atoms with E-state index in [2.05, 4.69) is 45.0 Å². The zero-order chi connectivity index (χ0) is 24.9. The number of ether oxygens (including phenoxy) is 1. The second-order valence-corrected chi connectivity index (χ2v) is 9.34. The lowest BCUT2D eigenvalue weighted by molar-refractivity contribution is -0.116. The van der Waals surface area contributed by atoms with Gasteiger partial charge < -0.3 is 24.8 Å². The van der Waals surface area contributed by atoms with Gasteiger partial charge in [0.15, 0.2) is 5.11 Å². The highest BCUT2D eigenvalue weighted by molar-refractivity contribution is 7.80. The minimum atomic E-state index is -0.111. The van der Waals surface area contributed by atoms with Crippen LogP contribution in [0, 0.1) is 20.8 Å². The van der Waals surface area contributed by atoms with Gasteiger partial charge in [0.1, 0.15) is 0 Å². The monoisotopic (exact) mass is 491 g/mol. The lowest BCUT2D eigenvalue weighted by atomic mass is 9.96. The largest absolute Gasteiger partial charge is 0.383 e. The van der Waals surface area contributed by atoms with E-state index >= 15 is 0 Å². The van der Waals surface area contributed by atoms with Crippen LogP contribution >= 0.6 is 12.2 Å². The zero-order valence-corrected chi connectivity index (χ0v) is 21.6. The molecule has 4 rings (SSSR count). The first-order valence-electron chi connectivity index (χ1n) is 11.9. The topological polar surface area (TPSA) is 71.4 Å². The number of anilines is 1. The maximum absolute atomic E-state index is 12.8. The average Bonchev–Trinajstić information content (AvgIpc) is 3.33. The number of thiocarbonyl (C=S) groups is 1. The van der Waals surface area contributed by atoms with Crippen LogP contribution in [0.5, 0.6) is 0 Å². The molecule has 35 heavy (non-hydrogen) atoms. The molecule has 0 radical (unpaired) electrons. The van der Waals surface area contributed by atoms with E-state index in [0.29, 0.717) is 24.7 Å². The van der Waals surface area contributed by atoms with Gasteiger partial charge in [-0.05, 0) is 68.9 Å². The van der Waals surface area contributed by atoms with Gasteiger partial charge in [0, 0.05) is 49.9 Å². The van der Waals surface area contributed by atoms with Crippen LogP contribution in [0.15, 0.2) is 54.7 Å². The molecule has 0 unspecified atom stereocenters. The predicted octanol–water partition coefficient (Wildman–Crippen LogP) is 4.46. The van der Waals surface area contributed by atoms with Crippen molar-refractivity contribution in [2.75, 3.05) is 25.6 Å². The number of aryl methyl sites for hydroxylation is 2. The summed E-state index contributed by atoms with van der Waals surface area (Å²) in [6.45, 7) is 8.20. The van der Waals surface area contributed by atoms with E-state index in [9.17, 15) is 4.79 Å². The van der Waals surface area contributed by atoms with E-state index in [1.54, 1.807) is 13.3 Å². The first-order valence-corrected chi connectivity index (χ1v) is 12.3. The molecule has 2 N–H and O–H groups in total. The van der Waals surface area contributed by atoms with E-state index in [1.807, 2.05) is 49.4 Å². The molecule has 0 aliphatic carbocycles. The van der Waals surface area contributed by atoms with Crippen molar-refractivity contribution in [1.82, 2.24) is 19.8 Å². The van der Waals surface area contributed by atoms with Gasteiger partial charge in [0.05, 0.1) is 24.4 Å². The predicted molar refractivity (Wildman–Crippen MR) is 142 cm³/mol. The fraction of sp³-hybridized carbons (Fsp3) is 0.370. The lowest BCUT2D eigenvalue weighted by Gasteiger charge is -2.28. The first kappa shape index (κ1) is 24.9. The number of nitrogens with zero attached hydrogens (tertiary/aromatic N) is 3. The van der Waals surface area contributed by atoms with Crippen LogP contribution in [0.4, 0.5) is 5.69 Å². The summed E-state index contributed by atoms with van der Waals surface area (Å²) >= 11 is 5.77. The molecular weight excluding hydrogens is 458 g/mol. The highest BCUT2D eigenvalue weighted by Crippen LogP contribution is 2.40. The molecule has 184 valence electrons. The summed E-state index contributed by atoms with van der Waals surface area (Å²) in [4.78, 5) is 19.5. The smallest absolute Gasteiger partial charge is 0.226 e. The van der Waals surface area contributed by atoms with Crippen molar-refractivity contribution >= 4 is 28.9 Å². The van der Waals surface area contributed by atoms with Crippen molar-refractivity contribution in [2.24, 2.45) is 0 Å². The molecule has 2 atom stereocenters. The molecule has 8 heteroatoms. The van der Waals surface area contributed by atoms with Crippen molar-refractivity contribution in [3.8, 4) is 0 Å². The lowest BCUT2D eigenvalue weighted by Crippen LogP contribution is -2.33. The Kier molecular flexibility index (Phi) is 7.83. The normalized spacial score (nSPS) is 17.5. The fourth-order valence-electron chi connectivity index (χ4n) is 4.72. The third-order valence-electron chi connectivity index (χ3n) is 6.56. The standard InChI is InChI=1S/C27H33N5O2S/c1-18-8-10-21(11-9-18)29-24(33)12-14-32-26(22-17-19(2)31(20(22)3)15-16-34-4)25(30-27(32)35)23-7-5-6-13-28-23/h5-11,13,17,25-26H,12,14-16H2,1-4H3,(H,29,33)(H,30,35)/t25-,26+/m0/s1. The van der Waals surface area contributed by atoms with Gasteiger partial charge in [-0.2, -0.15) is 0 Å². The Morgan fingerprint density at radius 2 is 1.91 bits per heavy atom. The number of hydrogen-bond donors (Lipinski definition) is 2. The average molecular weight is 492 g/mol. The van der Waals surface area contributed by atoms with Gasteiger partial charge >= 0.3 is 0 Å². The summed E-state index contributed by atoms with van der Waals surface area (Å²) in [5, 5.41) is 7.11. The van der Waals surface area contributed by atoms with Crippen LogP contribution in [0.1, 0.15) is 46.7 Å². The third kappa shape index (κ3) is 5.55. The van der Waals surface area contributed by atoms with Crippen molar-refractivity contribution in [3.63, 3.8) is 0 Å². The number of pyridine rings is 1. The van der Waals surface area contributed by atoms with Gasteiger partial charge in [-0.25, -0.2) is 0 Å². The third-order valence-corrected chi connectivity index (χ3v) is 6.92. The maximum Gasteiger partial charge on any atom is 0.226 e. The second-order valence-electron chi connectivity index (χ2n) is 8.96. The number of carbonyl (C=O) groups excluding carboxylic acids is 1. The summed E-state index contributed by atoms with van der Waals surface area (Å²) in [6, 6.07) is 15.8. The molecule has 7 nitrogen and oxygen atoms in total. The van der Waals surface area contributed by atoms with E-state index in [-0.39, 0.29) is 18.0 Å². The summed E-state index contributed by atoms with van der Waals surface area (Å²) < 4.78 is 7.60. The van der Waals surface area contributed by atoms with Crippen LogP contribution in [0.3, 0.4) is 0 Å². The zero-order valence-electron chi connectivity index (χ0n) is 20.7. The molecule has 1 fully saturated rings. The molecular formula is C27H33N5O2S. The minimum absolute atomic E-state index is 0.0396. The quantitative estimate of drug-likeness (QED) is 0.431. The number of benzene rings is 1. The molecule has 2 aromatic heterocycles. The molecule has 0 saturated carbocycles. The Balaban J connectivity index is 1.59. The fourth-order valence-corrected chi connectivity index (χ4v) is 5.05. The number of methoxy groups -OCH3 is 1. The molecule has 1 amide bonds. The van der Waals surface area contributed by atoms with Crippen LogP contribution in [0.2, 0.25) is 0 Å². The summed E-state index contributed by atoms with van der Waals surface area (Å²) in [5.41, 5.74) is 6.40. The van der Waals surface area contributed by atoms with Gasteiger partial charge in [-0.3, -0.25) is 9.78 Å². The Bertz CT molecular complexity index is 1180. The second kappa shape index (κ2) is 11.0. The van der Waals surface area contributed by atoms with Gasteiger partial charge in [0.25, 0.3) is 0 Å². The molecule has 3 aromatic rings. The van der Waals surface area contributed by atoms with Crippen LogP contribution in [-0.4, -0.2) is 45.7 Å². The molecule has 0 bridgehead atoms. The van der Waals surface area contributed by atoms with Crippen LogP contribution in [0.25, 0.3) is 0 Å². The van der Waals surface area contributed by atoms with Crippen LogP contribution in [-0.2, 0) is 16.1 Å². The summed E-state index contributed by atoms with van der Waals surface area (Å²) in [7, 11) is 1.72. The van der Waals surface area contributed by atoms with E-state index < -0.39 is 0 Å². The van der Waals surface area contributed by atoms with E-state index in [1.165, 1.54) is 17.0 Å². The van der Waals surface area contributed by atoms with Gasteiger partial charge in [0.2, 0.25) is 5.91 Å². The highest BCUT2D eigenvalue weighted by Gasteiger charge is 2.41. The highest BCUT2D eigenvalue weighted by atomic mass is 32.1. The summed E-state index contributed by atoms with van der Waals surface area (Å²) in [6.07, 6.45) is 2.13. The van der Waals surface area contributed by atoms with Crippen molar-refractivity contribution in [1.29, 1.82) is 0 Å². The molecule has 1 aliphatic rings. The summed E-state index contributed by atoms with van der Waals surface area (Å²) in [5.74, 6) is -0.0396. The van der Waals surface area contributed by atoms with Gasteiger partial charge in [-0.15, -0.1) is 0 Å². The number of rotatable bonds is 9. The SMILES string of the molecule is COCCn1c(C)cc([C@@H]2[C@H](c3ccccn3)NC(=S)N2CCC(=O)Nc2ccc(C)cc2)c1C. The number of hydrogen-bond acceptors (Lipinski definition) is 4. The molecule has 1 saturated heterocycles. The molecule has 3 heterocycles. The maximum atomic E-state index is 12.8. The van der Waals surface area contributed by atoms with Crippen molar-refractivity contribution in [3.05, 3.63) is 82.9 Å². The molecule has 1 aromatic carbocycles. The number of aromatic nitrogens is 2. The Hall–Kier alpha value is -3.23. The number of nitrogens with one attached hydrogen (secondary N) is 2. The van der Waals surface area contributed by atoms with Crippen molar-refractivity contribution in [2.45, 2.75) is 45.8 Å². The van der Waals surface area contributed by atoms with E-state index in [4.69, 9.17) is 17.0 Å². The first-order chi connectivity index (χ1) is 16.9. The van der Waals surface area contributed by atoms with Crippen LogP contribution < -0.4 is 10.6 Å². The number of amides is 1. The number of carbonyl (C=O) groups is 1. The van der Waals surface area contributed by atoms with Gasteiger partial charge in [-0.1, -0.05) is 23.8 Å². The minimum Gasteiger partial charge on any atom is -0.383 e. The van der Waals surface area contributed by atoms with E-state index in [0.717, 1.165) is 23.5 Å². The Labute approximate surface area is 212 Å². The van der Waals surface area contributed by atoms with Crippen molar-refractivity contribution < 1.29 is 9.53 Å². The Morgan fingerprint density at radius 1 is 1.14 bits per heavy atom. The molecule has 1 aliphatic heterocycles. The Morgan fingerprint density at radius 3 is 2.60 bits per heavy atom. The molecule has 0 spiro atoms.